The van der Waals surface area contributed by atoms with Gasteiger partial charge in [-0.1, -0.05) is 40.7 Å². The van der Waals surface area contributed by atoms with Crippen LogP contribution in [0.5, 0.6) is 0 Å². The summed E-state index contributed by atoms with van der Waals surface area (Å²) in [5.74, 6) is -0.897. The third-order valence-electron chi connectivity index (χ3n) is 3.01. The molecule has 1 unspecified atom stereocenters. The average molecular weight is 310 g/mol. The minimum atomic E-state index is -0.477. The molecule has 0 radical (unpaired) electrons. The number of halogens is 1. The van der Waals surface area contributed by atoms with Gasteiger partial charge in [0.15, 0.2) is 0 Å². The van der Waals surface area contributed by atoms with Gasteiger partial charge in [-0.15, -0.1) is 0 Å². The van der Waals surface area contributed by atoms with Crippen LogP contribution in [-0.4, -0.2) is 17.9 Å². The fourth-order valence-corrected chi connectivity index (χ4v) is 1.96. The van der Waals surface area contributed by atoms with E-state index in [9.17, 15) is 14.0 Å². The number of imide groups is 1. The molecule has 4 nitrogen and oxygen atoms in total. The van der Waals surface area contributed by atoms with Crippen molar-refractivity contribution in [1.82, 2.24) is 5.32 Å². The lowest BCUT2D eigenvalue weighted by molar-refractivity contribution is -0.133. The van der Waals surface area contributed by atoms with E-state index >= 15 is 0 Å². The summed E-state index contributed by atoms with van der Waals surface area (Å²) in [4.78, 5) is 22.5. The second-order valence-electron chi connectivity index (χ2n) is 4.31. The topological polar surface area (TPSA) is 58.2 Å². The SMILES string of the molecule is CC.CC.CCc1ccc(NC2CCC(=O)NC2=O)cc1F. The van der Waals surface area contributed by atoms with E-state index in [0.29, 0.717) is 30.5 Å². The smallest absolute Gasteiger partial charge is 0.249 e. The Morgan fingerprint density at radius 2 is 1.86 bits per heavy atom. The number of rotatable bonds is 3. The first-order valence-electron chi connectivity index (χ1n) is 7.99. The number of carbonyl (C=O) groups excluding carboxylic acids is 2. The Kier molecular flexibility index (Phi) is 9.83. The Hall–Kier alpha value is -1.91. The predicted molar refractivity (Wildman–Crippen MR) is 88.3 cm³/mol. The predicted octanol–water partition coefficient (Wildman–Crippen LogP) is 3.66. The molecule has 1 aromatic rings. The molecule has 2 rings (SSSR count). The van der Waals surface area contributed by atoms with Crippen LogP contribution in [0.4, 0.5) is 10.1 Å². The van der Waals surface area contributed by atoms with E-state index in [2.05, 4.69) is 10.6 Å². The van der Waals surface area contributed by atoms with Gasteiger partial charge in [0.05, 0.1) is 0 Å². The number of nitrogens with one attached hydrogen (secondary N) is 2. The number of hydrogen-bond acceptors (Lipinski definition) is 3. The largest absolute Gasteiger partial charge is 0.374 e. The number of benzene rings is 1. The second-order valence-corrected chi connectivity index (χ2v) is 4.31. The number of piperidine rings is 1. The Morgan fingerprint density at radius 3 is 2.36 bits per heavy atom. The fourth-order valence-electron chi connectivity index (χ4n) is 1.96. The van der Waals surface area contributed by atoms with E-state index < -0.39 is 6.04 Å². The number of hydrogen-bond donors (Lipinski definition) is 2. The molecule has 0 aliphatic carbocycles. The molecule has 1 atom stereocenters. The molecule has 124 valence electrons. The summed E-state index contributed by atoms with van der Waals surface area (Å²) in [7, 11) is 0. The highest BCUT2D eigenvalue weighted by Crippen LogP contribution is 2.18. The third kappa shape index (κ3) is 5.84. The molecule has 5 heteroatoms. The molecular formula is C17H27FN2O2. The van der Waals surface area contributed by atoms with Gasteiger partial charge in [-0.05, 0) is 30.5 Å². The molecule has 1 aliphatic heterocycles. The standard InChI is InChI=1S/C13H15FN2O2.2C2H6/c1-2-8-3-4-9(7-10(8)14)15-11-5-6-12(17)16-13(11)18;2*1-2/h3-4,7,11,15H,2,5-6H2,1H3,(H,16,17,18);2*1-2H3. The molecule has 0 spiro atoms. The Labute approximate surface area is 132 Å². The van der Waals surface area contributed by atoms with E-state index in [-0.39, 0.29) is 17.6 Å². The van der Waals surface area contributed by atoms with Crippen LogP contribution in [-0.2, 0) is 16.0 Å². The lowest BCUT2D eigenvalue weighted by atomic mass is 10.1. The molecule has 1 saturated heterocycles. The molecule has 1 heterocycles. The average Bonchev–Trinajstić information content (AvgIpc) is 2.54. The van der Waals surface area contributed by atoms with Crippen molar-refractivity contribution in [3.05, 3.63) is 29.6 Å². The summed E-state index contributed by atoms with van der Waals surface area (Å²) < 4.78 is 13.6. The van der Waals surface area contributed by atoms with E-state index in [1.807, 2.05) is 34.6 Å². The molecule has 0 saturated carbocycles. The summed E-state index contributed by atoms with van der Waals surface area (Å²) in [6, 6.07) is 4.34. The molecule has 22 heavy (non-hydrogen) atoms. The number of carbonyl (C=O) groups is 2. The summed E-state index contributed by atoms with van der Waals surface area (Å²) in [5.41, 5.74) is 1.20. The van der Waals surface area contributed by atoms with Crippen LogP contribution in [0, 0.1) is 5.82 Å². The first-order valence-corrected chi connectivity index (χ1v) is 7.99. The highest BCUT2D eigenvalue weighted by Gasteiger charge is 2.26. The highest BCUT2D eigenvalue weighted by atomic mass is 19.1. The first-order chi connectivity index (χ1) is 10.6. The minimum absolute atomic E-state index is 0.259. The van der Waals surface area contributed by atoms with Gasteiger partial charge >= 0.3 is 0 Å². The van der Waals surface area contributed by atoms with Gasteiger partial charge in [-0.2, -0.15) is 0 Å². The van der Waals surface area contributed by atoms with Gasteiger partial charge in [0.25, 0.3) is 0 Å². The third-order valence-corrected chi connectivity index (χ3v) is 3.01. The number of aryl methyl sites for hydroxylation is 1. The zero-order valence-electron chi connectivity index (χ0n) is 14.1. The van der Waals surface area contributed by atoms with Crippen molar-refractivity contribution in [2.75, 3.05) is 5.32 Å². The summed E-state index contributed by atoms with van der Waals surface area (Å²) >= 11 is 0. The number of amides is 2. The van der Waals surface area contributed by atoms with Gasteiger partial charge in [-0.25, -0.2) is 4.39 Å². The first kappa shape index (κ1) is 20.1. The van der Waals surface area contributed by atoms with Gasteiger partial charge in [0.1, 0.15) is 11.9 Å². The van der Waals surface area contributed by atoms with E-state index in [0.717, 1.165) is 0 Å². The molecule has 1 aromatic carbocycles. The quantitative estimate of drug-likeness (QED) is 0.838. The van der Waals surface area contributed by atoms with Crippen LogP contribution >= 0.6 is 0 Å². The van der Waals surface area contributed by atoms with E-state index in [4.69, 9.17) is 0 Å². The number of anilines is 1. The van der Waals surface area contributed by atoms with Crippen molar-refractivity contribution in [1.29, 1.82) is 0 Å². The molecule has 1 aliphatic rings. The maximum Gasteiger partial charge on any atom is 0.249 e. The van der Waals surface area contributed by atoms with Crippen molar-refractivity contribution < 1.29 is 14.0 Å². The van der Waals surface area contributed by atoms with E-state index in [1.165, 1.54) is 6.07 Å². The Morgan fingerprint density at radius 1 is 1.23 bits per heavy atom. The lowest BCUT2D eigenvalue weighted by Crippen LogP contribution is -2.47. The summed E-state index contributed by atoms with van der Waals surface area (Å²) in [6.45, 7) is 9.88. The summed E-state index contributed by atoms with van der Waals surface area (Å²) in [6.07, 6.45) is 1.37. The zero-order chi connectivity index (χ0) is 17.1. The monoisotopic (exact) mass is 310 g/mol. The molecule has 0 bridgehead atoms. The Balaban J connectivity index is 0.00000102. The molecule has 2 N–H and O–H groups in total. The van der Waals surface area contributed by atoms with Crippen LogP contribution < -0.4 is 10.6 Å². The highest BCUT2D eigenvalue weighted by molar-refractivity contribution is 6.01. The molecule has 1 fully saturated rings. The van der Waals surface area contributed by atoms with Gasteiger partial charge in [-0.3, -0.25) is 14.9 Å². The van der Waals surface area contributed by atoms with Crippen LogP contribution in [0.15, 0.2) is 18.2 Å². The Bertz CT molecular complexity index is 490. The maximum absolute atomic E-state index is 13.6. The van der Waals surface area contributed by atoms with Crippen LogP contribution in [0.1, 0.15) is 53.0 Å². The second kappa shape index (κ2) is 10.8. The van der Waals surface area contributed by atoms with Gasteiger partial charge < -0.3 is 5.32 Å². The van der Waals surface area contributed by atoms with Crippen LogP contribution in [0.25, 0.3) is 0 Å². The van der Waals surface area contributed by atoms with Crippen molar-refractivity contribution >= 4 is 17.5 Å². The van der Waals surface area contributed by atoms with Gasteiger partial charge in [0, 0.05) is 12.1 Å². The zero-order valence-corrected chi connectivity index (χ0v) is 14.1. The fraction of sp³-hybridized carbons (Fsp3) is 0.529. The van der Waals surface area contributed by atoms with Crippen molar-refractivity contribution in [2.45, 2.75) is 59.9 Å². The van der Waals surface area contributed by atoms with Crippen molar-refractivity contribution in [2.24, 2.45) is 0 Å². The minimum Gasteiger partial charge on any atom is -0.374 e. The lowest BCUT2D eigenvalue weighted by Gasteiger charge is -2.22. The van der Waals surface area contributed by atoms with Crippen LogP contribution in [0.2, 0.25) is 0 Å². The molecular weight excluding hydrogens is 283 g/mol. The molecule has 0 aromatic heterocycles. The van der Waals surface area contributed by atoms with Crippen LogP contribution in [0.3, 0.4) is 0 Å². The van der Waals surface area contributed by atoms with E-state index in [1.54, 1.807) is 12.1 Å². The van der Waals surface area contributed by atoms with Crippen molar-refractivity contribution in [3.8, 4) is 0 Å². The van der Waals surface area contributed by atoms with Gasteiger partial charge in [0.2, 0.25) is 11.8 Å². The van der Waals surface area contributed by atoms with Crippen molar-refractivity contribution in [3.63, 3.8) is 0 Å². The summed E-state index contributed by atoms with van der Waals surface area (Å²) in [5, 5.41) is 5.19. The maximum atomic E-state index is 13.6. The molecule has 2 amide bonds. The normalized spacial score (nSPS) is 16.5.